The molecule has 0 aliphatic heterocycles. The van der Waals surface area contributed by atoms with Crippen molar-refractivity contribution in [2.75, 3.05) is 0 Å². The Hall–Kier alpha value is -1.94. The maximum Gasteiger partial charge on any atom is 0.417 e. The Kier molecular flexibility index (Phi) is 3.30. The maximum absolute atomic E-state index is 12.9. The molecule has 0 fully saturated rings. The maximum atomic E-state index is 12.9. The van der Waals surface area contributed by atoms with Crippen molar-refractivity contribution in [3.05, 3.63) is 29.8 Å². The zero-order chi connectivity index (χ0) is 15.1. The van der Waals surface area contributed by atoms with Crippen LogP contribution in [0.25, 0.3) is 11.4 Å². The van der Waals surface area contributed by atoms with E-state index < -0.39 is 26.9 Å². The lowest BCUT2D eigenvalue weighted by Gasteiger charge is -2.11. The van der Waals surface area contributed by atoms with Gasteiger partial charge in [-0.15, -0.1) is 10.2 Å². The van der Waals surface area contributed by atoms with Crippen molar-refractivity contribution in [2.45, 2.75) is 11.3 Å². The van der Waals surface area contributed by atoms with Crippen LogP contribution in [0.15, 0.2) is 29.4 Å². The highest BCUT2D eigenvalue weighted by atomic mass is 32.2. The SMILES string of the molecule is Cn1c(-c2ccccc2C(F)(F)F)nnc1S(N)(=O)=O. The van der Waals surface area contributed by atoms with Gasteiger partial charge in [-0.2, -0.15) is 13.2 Å². The minimum absolute atomic E-state index is 0.234. The normalized spacial score (nSPS) is 12.7. The molecule has 0 aliphatic carbocycles. The number of rotatable bonds is 2. The van der Waals surface area contributed by atoms with E-state index in [1.165, 1.54) is 25.2 Å². The summed E-state index contributed by atoms with van der Waals surface area (Å²) in [5.41, 5.74) is -1.21. The second-order valence-electron chi connectivity index (χ2n) is 3.95. The fourth-order valence-electron chi connectivity index (χ4n) is 1.72. The molecule has 2 rings (SSSR count). The quantitative estimate of drug-likeness (QED) is 0.901. The number of primary sulfonamides is 1. The monoisotopic (exact) mass is 306 g/mol. The van der Waals surface area contributed by atoms with E-state index in [4.69, 9.17) is 5.14 Å². The molecule has 20 heavy (non-hydrogen) atoms. The third kappa shape index (κ3) is 2.51. The zero-order valence-electron chi connectivity index (χ0n) is 10.1. The molecule has 6 nitrogen and oxygen atoms in total. The summed E-state index contributed by atoms with van der Waals surface area (Å²) in [5.74, 6) is -0.234. The lowest BCUT2D eigenvalue weighted by atomic mass is 10.1. The van der Waals surface area contributed by atoms with Gasteiger partial charge >= 0.3 is 6.18 Å². The van der Waals surface area contributed by atoms with Crippen molar-refractivity contribution in [1.82, 2.24) is 14.8 Å². The van der Waals surface area contributed by atoms with E-state index in [0.717, 1.165) is 10.6 Å². The molecule has 0 spiro atoms. The predicted octanol–water partition coefficient (Wildman–Crippen LogP) is 1.15. The molecule has 0 atom stereocenters. The second-order valence-corrected chi connectivity index (χ2v) is 5.41. The van der Waals surface area contributed by atoms with Crippen LogP contribution in [0.5, 0.6) is 0 Å². The first kappa shape index (κ1) is 14.5. The molecule has 2 N–H and O–H groups in total. The van der Waals surface area contributed by atoms with Crippen molar-refractivity contribution in [1.29, 1.82) is 0 Å². The number of hydrogen-bond acceptors (Lipinski definition) is 4. The fourth-order valence-corrected chi connectivity index (χ4v) is 2.35. The van der Waals surface area contributed by atoms with Crippen molar-refractivity contribution >= 4 is 10.0 Å². The van der Waals surface area contributed by atoms with Crippen LogP contribution in [0.3, 0.4) is 0 Å². The summed E-state index contributed by atoms with van der Waals surface area (Å²) in [7, 11) is -2.94. The van der Waals surface area contributed by atoms with E-state index in [1.807, 2.05) is 0 Å². The van der Waals surface area contributed by atoms with Gasteiger partial charge in [0.1, 0.15) is 0 Å². The van der Waals surface area contributed by atoms with Gasteiger partial charge in [0.25, 0.3) is 15.2 Å². The summed E-state index contributed by atoms with van der Waals surface area (Å²) in [4.78, 5) is 0. The van der Waals surface area contributed by atoms with Gasteiger partial charge < -0.3 is 0 Å². The molecule has 0 unspecified atom stereocenters. The van der Waals surface area contributed by atoms with Crippen LogP contribution >= 0.6 is 0 Å². The average molecular weight is 306 g/mol. The summed E-state index contributed by atoms with van der Waals surface area (Å²) < 4.78 is 62.0. The Morgan fingerprint density at radius 1 is 1.20 bits per heavy atom. The van der Waals surface area contributed by atoms with Gasteiger partial charge in [-0.05, 0) is 6.07 Å². The van der Waals surface area contributed by atoms with Crippen LogP contribution in [-0.4, -0.2) is 23.2 Å². The van der Waals surface area contributed by atoms with Crippen molar-refractivity contribution in [2.24, 2.45) is 12.2 Å². The highest BCUT2D eigenvalue weighted by molar-refractivity contribution is 7.89. The Labute approximate surface area is 112 Å². The number of nitrogens with zero attached hydrogens (tertiary/aromatic N) is 3. The van der Waals surface area contributed by atoms with Crippen LogP contribution in [0.2, 0.25) is 0 Å². The molecular weight excluding hydrogens is 297 g/mol. The molecule has 0 saturated carbocycles. The number of halogens is 3. The van der Waals surface area contributed by atoms with E-state index in [-0.39, 0.29) is 11.4 Å². The standard InChI is InChI=1S/C10H9F3N4O2S/c1-17-8(15-16-9(17)20(14,18)19)6-4-2-3-5-7(6)10(11,12)13/h2-5H,1H3,(H2,14,18,19). The summed E-state index contributed by atoms with van der Waals surface area (Å²) in [5, 5.41) is 11.1. The van der Waals surface area contributed by atoms with Crippen LogP contribution in [0.4, 0.5) is 13.2 Å². The Morgan fingerprint density at radius 3 is 2.30 bits per heavy atom. The summed E-state index contributed by atoms with van der Waals surface area (Å²) in [6.07, 6.45) is -4.59. The van der Waals surface area contributed by atoms with E-state index in [0.29, 0.717) is 0 Å². The van der Waals surface area contributed by atoms with Crippen LogP contribution in [0, 0.1) is 0 Å². The summed E-state index contributed by atoms with van der Waals surface area (Å²) >= 11 is 0. The number of aromatic nitrogens is 3. The second kappa shape index (κ2) is 4.56. The Balaban J connectivity index is 2.69. The lowest BCUT2D eigenvalue weighted by Crippen LogP contribution is -2.17. The third-order valence-corrected chi connectivity index (χ3v) is 3.43. The summed E-state index contributed by atoms with van der Waals surface area (Å²) in [6, 6.07) is 4.67. The minimum atomic E-state index is -4.59. The topological polar surface area (TPSA) is 90.9 Å². The average Bonchev–Trinajstić information content (AvgIpc) is 2.69. The van der Waals surface area contributed by atoms with E-state index in [2.05, 4.69) is 10.2 Å². The van der Waals surface area contributed by atoms with Gasteiger partial charge in [-0.25, -0.2) is 13.6 Å². The zero-order valence-corrected chi connectivity index (χ0v) is 10.9. The van der Waals surface area contributed by atoms with Crippen LogP contribution in [-0.2, 0) is 23.2 Å². The molecule has 0 amide bonds. The van der Waals surface area contributed by atoms with Gasteiger partial charge in [0.2, 0.25) is 0 Å². The molecule has 0 radical (unpaired) electrons. The van der Waals surface area contributed by atoms with Gasteiger partial charge in [-0.3, -0.25) is 4.57 Å². The van der Waals surface area contributed by atoms with Crippen molar-refractivity contribution < 1.29 is 21.6 Å². The van der Waals surface area contributed by atoms with Crippen molar-refractivity contribution in [3.8, 4) is 11.4 Å². The molecule has 10 heteroatoms. The molecule has 2 aromatic rings. The molecular formula is C10H9F3N4O2S. The highest BCUT2D eigenvalue weighted by Gasteiger charge is 2.35. The number of alkyl halides is 3. The van der Waals surface area contributed by atoms with Crippen molar-refractivity contribution in [3.63, 3.8) is 0 Å². The number of nitrogens with two attached hydrogens (primary N) is 1. The first-order valence-corrected chi connectivity index (χ1v) is 6.76. The van der Waals surface area contributed by atoms with E-state index >= 15 is 0 Å². The molecule has 1 heterocycles. The number of sulfonamides is 1. The first-order chi connectivity index (χ1) is 9.12. The van der Waals surface area contributed by atoms with Gasteiger partial charge in [0.05, 0.1) is 5.56 Å². The highest BCUT2D eigenvalue weighted by Crippen LogP contribution is 2.36. The first-order valence-electron chi connectivity index (χ1n) is 5.21. The number of benzene rings is 1. The van der Waals surface area contributed by atoms with Gasteiger partial charge in [0, 0.05) is 12.6 Å². The molecule has 108 valence electrons. The Bertz CT molecular complexity index is 752. The largest absolute Gasteiger partial charge is 0.417 e. The van der Waals surface area contributed by atoms with Gasteiger partial charge in [-0.1, -0.05) is 18.2 Å². The third-order valence-electron chi connectivity index (χ3n) is 2.56. The molecule has 0 aliphatic rings. The molecule has 0 saturated heterocycles. The van der Waals surface area contributed by atoms with Gasteiger partial charge in [0.15, 0.2) is 5.82 Å². The van der Waals surface area contributed by atoms with E-state index in [9.17, 15) is 21.6 Å². The fraction of sp³-hybridized carbons (Fsp3) is 0.200. The van der Waals surface area contributed by atoms with Crippen LogP contribution < -0.4 is 5.14 Å². The van der Waals surface area contributed by atoms with Crippen LogP contribution in [0.1, 0.15) is 5.56 Å². The summed E-state index contributed by atoms with van der Waals surface area (Å²) in [6.45, 7) is 0. The minimum Gasteiger partial charge on any atom is -0.300 e. The molecule has 0 bridgehead atoms. The smallest absolute Gasteiger partial charge is 0.300 e. The number of hydrogen-bond donors (Lipinski definition) is 1. The molecule has 1 aromatic carbocycles. The predicted molar refractivity (Wildman–Crippen MR) is 62.8 cm³/mol. The lowest BCUT2D eigenvalue weighted by molar-refractivity contribution is -0.137. The molecule has 1 aromatic heterocycles. The van der Waals surface area contributed by atoms with E-state index in [1.54, 1.807) is 0 Å². The Morgan fingerprint density at radius 2 is 1.80 bits per heavy atom.